The minimum absolute atomic E-state index is 0.00286. The van der Waals surface area contributed by atoms with Gasteiger partial charge in [0, 0.05) is 24.0 Å². The molecule has 0 radical (unpaired) electrons. The molecule has 16 heteroatoms. The van der Waals surface area contributed by atoms with Gasteiger partial charge in [-0.3, -0.25) is 19.2 Å². The maximum Gasteiger partial charge on any atom is 0.348 e. The monoisotopic (exact) mass is 1490 g/mol. The van der Waals surface area contributed by atoms with Crippen molar-refractivity contribution in [1.82, 2.24) is 5.32 Å². The highest BCUT2D eigenvalue weighted by molar-refractivity contribution is 6.12. The summed E-state index contributed by atoms with van der Waals surface area (Å²) in [5.41, 5.74) is 4.49. The van der Waals surface area contributed by atoms with Crippen molar-refractivity contribution in [2.45, 2.75) is 102 Å². The predicted molar refractivity (Wildman–Crippen MR) is 434 cm³/mol. The number of cyclic esters (lactones) is 4. The van der Waals surface area contributed by atoms with Gasteiger partial charge in [-0.05, 0) is 217 Å². The van der Waals surface area contributed by atoms with Gasteiger partial charge in [0.1, 0.15) is 25.2 Å². The van der Waals surface area contributed by atoms with Crippen LogP contribution in [-0.2, 0) is 93.1 Å². The van der Waals surface area contributed by atoms with Crippen molar-refractivity contribution in [1.29, 1.82) is 0 Å². The van der Waals surface area contributed by atoms with E-state index in [1.165, 1.54) is 43.1 Å². The van der Waals surface area contributed by atoms with E-state index in [0.29, 0.717) is 44.8 Å². The molecule has 15 aromatic carbocycles. The van der Waals surface area contributed by atoms with Crippen LogP contribution < -0.4 is 5.32 Å². The van der Waals surface area contributed by atoms with E-state index in [2.05, 4.69) is 133 Å². The average molecular weight is 1490 g/mol. The number of esters is 6. The van der Waals surface area contributed by atoms with Crippen LogP contribution in [0.25, 0.3) is 108 Å². The first-order valence-corrected chi connectivity index (χ1v) is 38.0. The zero-order chi connectivity index (χ0) is 76.4. The topological polar surface area (TPSA) is 205 Å². The molecule has 0 aliphatic carbocycles. The van der Waals surface area contributed by atoms with Crippen LogP contribution >= 0.6 is 0 Å². The Labute approximate surface area is 645 Å². The van der Waals surface area contributed by atoms with E-state index >= 15 is 0 Å². The van der Waals surface area contributed by atoms with Crippen molar-refractivity contribution in [3.63, 3.8) is 0 Å². The highest BCUT2D eigenvalue weighted by atomic mass is 16.7. The number of fused-ring (bicyclic) bond motifs is 10. The fourth-order valence-corrected chi connectivity index (χ4v) is 15.4. The number of rotatable bonds is 14. The summed E-state index contributed by atoms with van der Waals surface area (Å²) in [4.78, 5) is 86.1. The summed E-state index contributed by atoms with van der Waals surface area (Å²) in [6.45, 7) is 1.80. The third kappa shape index (κ3) is 16.5. The van der Waals surface area contributed by atoms with E-state index in [4.69, 9.17) is 37.9 Å². The molecule has 4 heterocycles. The van der Waals surface area contributed by atoms with Gasteiger partial charge in [0.25, 0.3) is 5.91 Å². The Morgan fingerprint density at radius 3 is 1.28 bits per heavy atom. The molecule has 4 fully saturated rings. The molecule has 16 nitrogen and oxygen atoms in total. The van der Waals surface area contributed by atoms with Crippen molar-refractivity contribution in [3.05, 3.63) is 301 Å². The zero-order valence-electron chi connectivity index (χ0n) is 61.4. The number of amides is 1. The molecule has 4 aliphatic rings. The molecule has 0 bridgehead atoms. The Hall–Kier alpha value is -12.9. The summed E-state index contributed by atoms with van der Waals surface area (Å²) >= 11 is 0. The predicted octanol–water partition coefficient (Wildman–Crippen LogP) is 19.2. The first kappa shape index (κ1) is 73.3. The summed E-state index contributed by atoms with van der Waals surface area (Å²) in [6.07, 6.45) is 2.69. The molecule has 112 heavy (non-hydrogen) atoms. The second kappa shape index (κ2) is 33.5. The molecule has 0 aromatic heterocycles. The van der Waals surface area contributed by atoms with E-state index in [-0.39, 0.29) is 43.4 Å². The lowest BCUT2D eigenvalue weighted by Gasteiger charge is -2.22. The minimum atomic E-state index is -1.36. The Balaban J connectivity index is 0.000000118. The van der Waals surface area contributed by atoms with Crippen LogP contribution in [-0.4, -0.2) is 79.5 Å². The highest BCUT2D eigenvalue weighted by Crippen LogP contribution is 2.35. The maximum absolute atomic E-state index is 13.3. The lowest BCUT2D eigenvalue weighted by Crippen LogP contribution is -2.44. The Kier molecular flexibility index (Phi) is 21.9. The number of hydrogen-bond acceptors (Lipinski definition) is 15. The van der Waals surface area contributed by atoms with Crippen molar-refractivity contribution in [3.8, 4) is 0 Å². The van der Waals surface area contributed by atoms with Crippen molar-refractivity contribution in [2.24, 2.45) is 5.92 Å². The molecule has 0 saturated carbocycles. The molecule has 5 atom stereocenters. The van der Waals surface area contributed by atoms with Crippen LogP contribution in [0.15, 0.2) is 273 Å². The van der Waals surface area contributed by atoms with Gasteiger partial charge in [-0.25, -0.2) is 14.4 Å². The van der Waals surface area contributed by atoms with Gasteiger partial charge >= 0.3 is 35.8 Å². The number of hydrogen-bond donors (Lipinski definition) is 1. The molecule has 1 N–H and O–H groups in total. The van der Waals surface area contributed by atoms with E-state index < -0.39 is 48.4 Å². The molecule has 0 spiro atoms. The summed E-state index contributed by atoms with van der Waals surface area (Å²) in [5, 5.41) is 24.8. The van der Waals surface area contributed by atoms with E-state index in [1.54, 1.807) is 6.07 Å². The molecule has 4 aliphatic heterocycles. The quantitative estimate of drug-likeness (QED) is 0.0611. The number of nitrogens with one attached hydrogen (secondary N) is 1. The van der Waals surface area contributed by atoms with Crippen LogP contribution in [0.2, 0.25) is 0 Å². The standard InChI is InChI=1S/C36H26O6.C20H17NO3.2C20H18O3/c37-33-19-31(35(38)41-21-32-28-14-5-3-10-24(28)17-25-11-4-6-15-29(25)32)34(42-33)36(39)40-20-27-13-7-12-26-16-22-8-1-2-9-23(22)18-30(26)27;22-19(21-18-9-4-10-24-20(18)23)16-8-3-7-15-11-13-5-1-2-6-14(13)12-17(15)16;21-20-19(9-4-10-22-20)23-13-17-8-3-7-16-11-14-5-1-2-6-15(14)12-18(16)17;21-19-9-4-10-20(23-19)22-13-17-8-3-7-16-11-14-5-1-2-6-15(14)12-18(16)17/h1-18,31,34H,19-21H2;1-3,5-8,11-12,18H,4,9-10H2,(H,21,22);1-3,5-8,11-12,19H,4,9-10,13H2;1-3,5-8,11-12,20H,4,9-10,13H2. The SMILES string of the molecule is O=C(NC1CCCOC1=O)c1cccc2cc3ccccc3cc12.O=C1CC(C(=O)OCc2c3ccccc3cc3ccccc23)C(C(=O)OCc2cccc3cc4ccccc4cc23)O1.O=C1CCCC(OCc2cccc3cc4ccccc4cc23)O1.O=C1OCCCC1OCc1cccc2cc3ccccc3cc12. The van der Waals surface area contributed by atoms with Crippen molar-refractivity contribution in [2.75, 3.05) is 13.2 Å². The number of carbonyl (C=O) groups is 7. The Bertz CT molecular complexity index is 6100. The van der Waals surface area contributed by atoms with Crippen LogP contribution in [0.1, 0.15) is 84.0 Å². The highest BCUT2D eigenvalue weighted by Gasteiger charge is 2.46. The van der Waals surface area contributed by atoms with E-state index in [0.717, 1.165) is 119 Å². The number of ether oxygens (including phenoxy) is 8. The summed E-state index contributed by atoms with van der Waals surface area (Å²) in [5.74, 6) is -4.13. The summed E-state index contributed by atoms with van der Waals surface area (Å²) in [7, 11) is 0. The minimum Gasteiger partial charge on any atom is -0.464 e. The van der Waals surface area contributed by atoms with Gasteiger partial charge in [-0.1, -0.05) is 212 Å². The first-order valence-electron chi connectivity index (χ1n) is 38.0. The Morgan fingerprint density at radius 1 is 0.357 bits per heavy atom. The second-order valence-corrected chi connectivity index (χ2v) is 28.5. The molecule has 5 unspecified atom stereocenters. The maximum atomic E-state index is 13.3. The van der Waals surface area contributed by atoms with Crippen LogP contribution in [0, 0.1) is 5.92 Å². The summed E-state index contributed by atoms with van der Waals surface area (Å²) in [6, 6.07) is 91.2. The molecular formula is C96H79NO15. The van der Waals surface area contributed by atoms with Gasteiger partial charge in [0.05, 0.1) is 32.8 Å². The van der Waals surface area contributed by atoms with Gasteiger partial charge in [0.15, 0.2) is 6.10 Å². The van der Waals surface area contributed by atoms with Gasteiger partial charge in [-0.15, -0.1) is 0 Å². The second-order valence-electron chi connectivity index (χ2n) is 28.5. The Morgan fingerprint density at radius 2 is 0.768 bits per heavy atom. The average Bonchev–Trinajstić information content (AvgIpc) is 0.889. The largest absolute Gasteiger partial charge is 0.464 e. The van der Waals surface area contributed by atoms with Gasteiger partial charge in [-0.2, -0.15) is 0 Å². The molecule has 1 amide bonds. The lowest BCUT2D eigenvalue weighted by molar-refractivity contribution is -0.191. The molecule has 15 aromatic rings. The number of benzene rings is 15. The fraction of sp³-hybridized carbons (Fsp3) is 0.198. The smallest absolute Gasteiger partial charge is 0.348 e. The van der Waals surface area contributed by atoms with E-state index in [9.17, 15) is 33.6 Å². The molecule has 4 saturated heterocycles. The third-order valence-corrected chi connectivity index (χ3v) is 21.2. The third-order valence-electron chi connectivity index (χ3n) is 21.2. The van der Waals surface area contributed by atoms with Crippen LogP contribution in [0.3, 0.4) is 0 Å². The number of carbonyl (C=O) groups excluding carboxylic acids is 7. The van der Waals surface area contributed by atoms with Crippen molar-refractivity contribution < 1.29 is 71.5 Å². The van der Waals surface area contributed by atoms with Gasteiger partial charge < -0.3 is 43.2 Å². The lowest BCUT2D eigenvalue weighted by atomic mass is 9.97. The fourth-order valence-electron chi connectivity index (χ4n) is 15.4. The molecule has 558 valence electrons. The van der Waals surface area contributed by atoms with Crippen molar-refractivity contribution >= 4 is 149 Å². The first-order chi connectivity index (χ1) is 54.9. The van der Waals surface area contributed by atoms with E-state index in [1.807, 2.05) is 140 Å². The molecule has 19 rings (SSSR count). The van der Waals surface area contributed by atoms with Crippen LogP contribution in [0.4, 0.5) is 0 Å². The van der Waals surface area contributed by atoms with Crippen LogP contribution in [0.5, 0.6) is 0 Å². The zero-order valence-corrected chi connectivity index (χ0v) is 61.4. The summed E-state index contributed by atoms with van der Waals surface area (Å²) < 4.78 is 43.6. The molecular weight excluding hydrogens is 1410 g/mol. The van der Waals surface area contributed by atoms with Gasteiger partial charge in [0.2, 0.25) is 12.4 Å². The normalized spacial score (nSPS) is 17.5.